The Morgan fingerprint density at radius 2 is 1.75 bits per heavy atom. The average Bonchev–Trinajstić information content (AvgIpc) is 1.84. The van der Waals surface area contributed by atoms with Crippen LogP contribution in [0.3, 0.4) is 0 Å². The van der Waals surface area contributed by atoms with E-state index in [2.05, 4.69) is 15.9 Å². The average molecular weight is 237 g/mol. The van der Waals surface area contributed by atoms with Gasteiger partial charge in [0.15, 0.2) is 0 Å². The lowest BCUT2D eigenvalue weighted by atomic mass is 10.3. The third-order valence-electron chi connectivity index (χ3n) is 0.787. The highest BCUT2D eigenvalue weighted by Crippen LogP contribution is 2.09. The van der Waals surface area contributed by atoms with E-state index in [0.717, 1.165) is 4.47 Å². The van der Waals surface area contributed by atoms with Crippen LogP contribution in [-0.2, 0) is 0 Å². The van der Waals surface area contributed by atoms with Gasteiger partial charge in [-0.15, -0.1) is 0 Å². The van der Waals surface area contributed by atoms with Gasteiger partial charge >= 0.3 is 7.32 Å². The van der Waals surface area contributed by atoms with Crippen LogP contribution in [0.4, 0.5) is 4.39 Å². The summed E-state index contributed by atoms with van der Waals surface area (Å²) in [6.07, 6.45) is 0. The van der Waals surface area contributed by atoms with Crippen molar-refractivity contribution in [3.8, 4) is 0 Å². The van der Waals surface area contributed by atoms with E-state index < -0.39 is 7.32 Å². The molecule has 0 saturated heterocycles. The molecule has 1 aromatic rings. The van der Waals surface area contributed by atoms with Gasteiger partial charge in [-0.25, -0.2) is 4.39 Å². The summed E-state index contributed by atoms with van der Waals surface area (Å²) >= 11 is 3.12. The monoisotopic (exact) mass is 236 g/mol. The maximum absolute atomic E-state index is 12.1. The first-order chi connectivity index (χ1) is 5.52. The number of rotatable bonds is 0. The number of benzene rings is 1. The molecule has 0 saturated carbocycles. The largest absolute Gasteiger partial charge is 0.631 e. The van der Waals surface area contributed by atoms with Gasteiger partial charge in [-0.3, -0.25) is 0 Å². The van der Waals surface area contributed by atoms with Crippen LogP contribution >= 0.6 is 15.9 Å². The van der Waals surface area contributed by atoms with Gasteiger partial charge in [-0.05, 0) is 18.2 Å². The summed E-state index contributed by atoms with van der Waals surface area (Å²) in [6.45, 7) is 0. The molecule has 0 atom stereocenters. The van der Waals surface area contributed by atoms with Gasteiger partial charge in [-0.2, -0.15) is 0 Å². The smallest absolute Gasteiger partial charge is 0.402 e. The maximum Gasteiger partial charge on any atom is 0.631 e. The number of halogens is 2. The minimum absolute atomic E-state index is 0.209. The molecule has 0 aliphatic heterocycles. The summed E-state index contributed by atoms with van der Waals surface area (Å²) in [4.78, 5) is 0. The first kappa shape index (κ1) is 11.6. The van der Waals surface area contributed by atoms with Crippen LogP contribution in [0.15, 0.2) is 28.7 Å². The second-order valence-corrected chi connectivity index (χ2v) is 2.70. The van der Waals surface area contributed by atoms with E-state index in [0.29, 0.717) is 0 Å². The van der Waals surface area contributed by atoms with Crippen molar-refractivity contribution in [2.24, 2.45) is 0 Å². The summed E-state index contributed by atoms with van der Waals surface area (Å²) in [5, 5.41) is 21.5. The predicted octanol–water partition coefficient (Wildman–Crippen LogP) is 0.536. The summed E-state index contributed by atoms with van der Waals surface area (Å²) in [5.74, 6) is -0.209. The molecule has 0 amide bonds. The van der Waals surface area contributed by atoms with Crippen LogP contribution in [0.2, 0.25) is 0 Å². The predicted molar refractivity (Wildman–Crippen MR) is 46.5 cm³/mol. The molecule has 0 aromatic heterocycles. The second kappa shape index (κ2) is 6.13. The van der Waals surface area contributed by atoms with Crippen molar-refractivity contribution in [2.75, 3.05) is 0 Å². The number of hydrogen-bond donors (Lipinski definition) is 3. The lowest BCUT2D eigenvalue weighted by molar-refractivity contribution is 0.278. The Labute approximate surface area is 77.8 Å². The Kier molecular flexibility index (Phi) is 5.91. The van der Waals surface area contributed by atoms with Crippen molar-refractivity contribution in [2.45, 2.75) is 0 Å². The van der Waals surface area contributed by atoms with Gasteiger partial charge in [0.1, 0.15) is 5.82 Å². The molecule has 66 valence electrons. The van der Waals surface area contributed by atoms with Crippen LogP contribution in [0.5, 0.6) is 0 Å². The standard InChI is InChI=1S/C6H4BrF.BH3O3/c7-5-2-1-3-6(8)4-5;2-1(3)4/h1-4H;2-4H. The topological polar surface area (TPSA) is 60.7 Å². The van der Waals surface area contributed by atoms with Crippen molar-refractivity contribution < 1.29 is 19.5 Å². The van der Waals surface area contributed by atoms with E-state index >= 15 is 0 Å². The molecule has 6 heteroatoms. The molecule has 1 aromatic carbocycles. The van der Waals surface area contributed by atoms with Crippen LogP contribution in [0.25, 0.3) is 0 Å². The van der Waals surface area contributed by atoms with Crippen LogP contribution in [0, 0.1) is 5.82 Å². The lowest BCUT2D eigenvalue weighted by Gasteiger charge is -1.85. The zero-order valence-corrected chi connectivity index (χ0v) is 7.57. The van der Waals surface area contributed by atoms with Gasteiger partial charge in [0.05, 0.1) is 0 Å². The molecule has 0 unspecified atom stereocenters. The number of hydrogen-bond acceptors (Lipinski definition) is 3. The fourth-order valence-corrected chi connectivity index (χ4v) is 0.831. The summed E-state index contributed by atoms with van der Waals surface area (Å²) < 4.78 is 12.9. The lowest BCUT2D eigenvalue weighted by Crippen LogP contribution is -2.07. The molecule has 1 rings (SSSR count). The van der Waals surface area contributed by atoms with E-state index in [4.69, 9.17) is 15.1 Å². The maximum atomic E-state index is 12.1. The van der Waals surface area contributed by atoms with Gasteiger partial charge in [-0.1, -0.05) is 22.0 Å². The molecular formula is C6H7BBrFO3. The SMILES string of the molecule is Fc1cccc(Br)c1.OB(O)O. The Hall–Kier alpha value is -0.425. The van der Waals surface area contributed by atoms with Gasteiger partial charge in [0.2, 0.25) is 0 Å². The zero-order valence-electron chi connectivity index (χ0n) is 5.98. The molecule has 0 aliphatic carbocycles. The Morgan fingerprint density at radius 3 is 2.00 bits per heavy atom. The summed E-state index contributed by atoms with van der Waals surface area (Å²) in [7, 11) is -2.17. The highest BCUT2D eigenvalue weighted by molar-refractivity contribution is 9.10. The van der Waals surface area contributed by atoms with Gasteiger partial charge in [0, 0.05) is 4.47 Å². The van der Waals surface area contributed by atoms with Crippen molar-refractivity contribution in [1.82, 2.24) is 0 Å². The van der Waals surface area contributed by atoms with E-state index in [-0.39, 0.29) is 5.82 Å². The van der Waals surface area contributed by atoms with E-state index in [1.807, 2.05) is 0 Å². The molecule has 12 heavy (non-hydrogen) atoms. The van der Waals surface area contributed by atoms with E-state index in [1.54, 1.807) is 12.1 Å². The van der Waals surface area contributed by atoms with Crippen LogP contribution in [0.1, 0.15) is 0 Å². The molecule has 0 bridgehead atoms. The highest BCUT2D eigenvalue weighted by Gasteiger charge is 1.92. The van der Waals surface area contributed by atoms with Gasteiger partial charge < -0.3 is 15.1 Å². The third kappa shape index (κ3) is 7.68. The van der Waals surface area contributed by atoms with E-state index in [9.17, 15) is 4.39 Å². The minimum atomic E-state index is -2.17. The van der Waals surface area contributed by atoms with Gasteiger partial charge in [0.25, 0.3) is 0 Å². The molecule has 0 radical (unpaired) electrons. The Morgan fingerprint density at radius 1 is 1.25 bits per heavy atom. The first-order valence-electron chi connectivity index (χ1n) is 2.97. The molecule has 0 spiro atoms. The highest BCUT2D eigenvalue weighted by atomic mass is 79.9. The van der Waals surface area contributed by atoms with E-state index in [1.165, 1.54) is 12.1 Å². The van der Waals surface area contributed by atoms with Crippen molar-refractivity contribution >= 4 is 23.3 Å². The van der Waals surface area contributed by atoms with Crippen molar-refractivity contribution in [3.05, 3.63) is 34.6 Å². The van der Waals surface area contributed by atoms with Crippen molar-refractivity contribution in [3.63, 3.8) is 0 Å². The van der Waals surface area contributed by atoms with Crippen LogP contribution < -0.4 is 0 Å². The Bertz CT molecular complexity index is 214. The summed E-state index contributed by atoms with van der Waals surface area (Å²) in [5.41, 5.74) is 0. The zero-order chi connectivity index (χ0) is 9.56. The second-order valence-electron chi connectivity index (χ2n) is 1.79. The fourth-order valence-electron chi connectivity index (χ4n) is 0.460. The van der Waals surface area contributed by atoms with Crippen LogP contribution in [-0.4, -0.2) is 22.4 Å². The minimum Gasteiger partial charge on any atom is -0.402 e. The Balaban J connectivity index is 0.000000261. The quantitative estimate of drug-likeness (QED) is 0.577. The molecule has 0 fully saturated rings. The third-order valence-corrected chi connectivity index (χ3v) is 1.28. The normalized spacial score (nSPS) is 8.42. The molecule has 0 heterocycles. The summed E-state index contributed by atoms with van der Waals surface area (Å²) in [6, 6.07) is 6.26. The van der Waals surface area contributed by atoms with Crippen molar-refractivity contribution in [1.29, 1.82) is 0 Å². The first-order valence-corrected chi connectivity index (χ1v) is 3.77. The molecular weight excluding hydrogens is 230 g/mol. The molecule has 0 aliphatic rings. The molecule has 3 nitrogen and oxygen atoms in total. The molecule has 3 N–H and O–H groups in total. The fraction of sp³-hybridized carbons (Fsp3) is 0.